The van der Waals surface area contributed by atoms with Crippen molar-refractivity contribution in [1.82, 2.24) is 15.1 Å². The summed E-state index contributed by atoms with van der Waals surface area (Å²) < 4.78 is 8.24. The lowest BCUT2D eigenvalue weighted by molar-refractivity contribution is 0.171. The van der Waals surface area contributed by atoms with Crippen LogP contribution in [-0.2, 0) is 18.3 Å². The summed E-state index contributed by atoms with van der Waals surface area (Å²) in [5.41, 5.74) is 2.76. The normalized spacial score (nSPS) is 17.1. The maximum atomic E-state index is 5.17. The van der Waals surface area contributed by atoms with Crippen LogP contribution in [0.4, 0.5) is 0 Å². The first-order valence-electron chi connectivity index (χ1n) is 6.46. The van der Waals surface area contributed by atoms with Gasteiger partial charge in [0, 0.05) is 33.9 Å². The predicted octanol–water partition coefficient (Wildman–Crippen LogP) is 2.40. The van der Waals surface area contributed by atoms with Gasteiger partial charge in [0.2, 0.25) is 0 Å². The van der Waals surface area contributed by atoms with E-state index in [0.29, 0.717) is 5.41 Å². The summed E-state index contributed by atoms with van der Waals surface area (Å²) in [6.45, 7) is 4.84. The Kier molecular flexibility index (Phi) is 4.45. The molecule has 1 saturated carbocycles. The van der Waals surface area contributed by atoms with Crippen molar-refractivity contribution in [2.45, 2.75) is 32.7 Å². The highest BCUT2D eigenvalue weighted by molar-refractivity contribution is 9.10. The molecule has 0 amide bonds. The third kappa shape index (κ3) is 3.13. The van der Waals surface area contributed by atoms with E-state index in [9.17, 15) is 0 Å². The van der Waals surface area contributed by atoms with Crippen molar-refractivity contribution in [3.8, 4) is 0 Å². The van der Waals surface area contributed by atoms with E-state index in [1.165, 1.54) is 25.0 Å². The zero-order valence-electron chi connectivity index (χ0n) is 11.4. The molecule has 1 aromatic rings. The summed E-state index contributed by atoms with van der Waals surface area (Å²) >= 11 is 3.60. The van der Waals surface area contributed by atoms with Crippen LogP contribution >= 0.6 is 15.9 Å². The van der Waals surface area contributed by atoms with E-state index in [0.717, 1.165) is 29.9 Å². The van der Waals surface area contributed by atoms with Crippen LogP contribution in [0.25, 0.3) is 0 Å². The van der Waals surface area contributed by atoms with Crippen molar-refractivity contribution in [1.29, 1.82) is 0 Å². The highest BCUT2D eigenvalue weighted by Gasteiger charge is 2.41. The van der Waals surface area contributed by atoms with Crippen LogP contribution < -0.4 is 5.32 Å². The Labute approximate surface area is 117 Å². The highest BCUT2D eigenvalue weighted by Crippen LogP contribution is 2.48. The molecule has 0 bridgehead atoms. The molecule has 1 N–H and O–H groups in total. The SMILES string of the molecule is COCCC1(CNCc2c(Br)c(C)nn2C)CC1. The summed E-state index contributed by atoms with van der Waals surface area (Å²) in [5.74, 6) is 0. The molecule has 0 unspecified atom stereocenters. The fourth-order valence-electron chi connectivity index (χ4n) is 2.33. The molecule has 0 aromatic carbocycles. The molecule has 0 radical (unpaired) electrons. The Morgan fingerprint density at radius 3 is 2.72 bits per heavy atom. The van der Waals surface area contributed by atoms with Gasteiger partial charge in [-0.3, -0.25) is 4.68 Å². The average molecular weight is 316 g/mol. The number of nitrogens with one attached hydrogen (secondary N) is 1. The highest BCUT2D eigenvalue weighted by atomic mass is 79.9. The van der Waals surface area contributed by atoms with Crippen LogP contribution in [0.3, 0.4) is 0 Å². The second kappa shape index (κ2) is 5.72. The van der Waals surface area contributed by atoms with Crippen molar-refractivity contribution in [3.05, 3.63) is 15.9 Å². The Balaban J connectivity index is 1.82. The molecule has 0 saturated heterocycles. The van der Waals surface area contributed by atoms with Crippen molar-refractivity contribution < 1.29 is 4.74 Å². The van der Waals surface area contributed by atoms with E-state index in [1.54, 1.807) is 7.11 Å². The maximum Gasteiger partial charge on any atom is 0.0739 e. The number of aryl methyl sites for hydroxylation is 2. The smallest absolute Gasteiger partial charge is 0.0739 e. The van der Waals surface area contributed by atoms with Gasteiger partial charge in [0.15, 0.2) is 0 Å². The molecule has 18 heavy (non-hydrogen) atoms. The molecule has 102 valence electrons. The molecule has 0 aliphatic heterocycles. The molecule has 1 aliphatic rings. The van der Waals surface area contributed by atoms with E-state index in [2.05, 4.69) is 26.3 Å². The summed E-state index contributed by atoms with van der Waals surface area (Å²) in [7, 11) is 3.77. The molecule has 1 heterocycles. The summed E-state index contributed by atoms with van der Waals surface area (Å²) in [4.78, 5) is 0. The van der Waals surface area contributed by atoms with Crippen molar-refractivity contribution in [2.75, 3.05) is 20.3 Å². The fourth-order valence-corrected chi connectivity index (χ4v) is 2.80. The summed E-state index contributed by atoms with van der Waals surface area (Å²) in [6, 6.07) is 0. The molecule has 1 aromatic heterocycles. The Hall–Kier alpha value is -0.390. The summed E-state index contributed by atoms with van der Waals surface area (Å²) in [5, 5.41) is 7.96. The van der Waals surface area contributed by atoms with Crippen LogP contribution in [-0.4, -0.2) is 30.0 Å². The van der Waals surface area contributed by atoms with E-state index < -0.39 is 0 Å². The minimum absolute atomic E-state index is 0.496. The lowest BCUT2D eigenvalue weighted by Crippen LogP contribution is -2.25. The van der Waals surface area contributed by atoms with Crippen LogP contribution in [0.1, 0.15) is 30.7 Å². The molecule has 1 fully saturated rings. The maximum absolute atomic E-state index is 5.17. The Morgan fingerprint density at radius 2 is 2.22 bits per heavy atom. The van der Waals surface area contributed by atoms with Gasteiger partial charge >= 0.3 is 0 Å². The van der Waals surface area contributed by atoms with Gasteiger partial charge in [-0.05, 0) is 47.5 Å². The van der Waals surface area contributed by atoms with E-state index in [1.807, 2.05) is 18.7 Å². The van der Waals surface area contributed by atoms with Crippen LogP contribution in [0.2, 0.25) is 0 Å². The van der Waals surface area contributed by atoms with Gasteiger partial charge in [-0.15, -0.1) is 0 Å². The number of aromatic nitrogens is 2. The Morgan fingerprint density at radius 1 is 1.50 bits per heavy atom. The van der Waals surface area contributed by atoms with Gasteiger partial charge < -0.3 is 10.1 Å². The zero-order chi connectivity index (χ0) is 13.2. The molecule has 2 rings (SSSR count). The Bertz CT molecular complexity index is 413. The molecular weight excluding hydrogens is 294 g/mol. The topological polar surface area (TPSA) is 39.1 Å². The van der Waals surface area contributed by atoms with Gasteiger partial charge in [0.1, 0.15) is 0 Å². The second-order valence-corrected chi connectivity index (χ2v) is 6.11. The number of nitrogens with zero attached hydrogens (tertiary/aromatic N) is 2. The van der Waals surface area contributed by atoms with E-state index in [-0.39, 0.29) is 0 Å². The minimum Gasteiger partial charge on any atom is -0.385 e. The number of rotatable bonds is 7. The van der Waals surface area contributed by atoms with Gasteiger partial charge in [0.05, 0.1) is 15.9 Å². The van der Waals surface area contributed by atoms with E-state index >= 15 is 0 Å². The predicted molar refractivity (Wildman–Crippen MR) is 75.5 cm³/mol. The van der Waals surface area contributed by atoms with E-state index in [4.69, 9.17) is 4.74 Å². The van der Waals surface area contributed by atoms with Gasteiger partial charge in [-0.1, -0.05) is 0 Å². The van der Waals surface area contributed by atoms with Crippen LogP contribution in [0.15, 0.2) is 4.47 Å². The molecule has 4 nitrogen and oxygen atoms in total. The molecule has 5 heteroatoms. The number of ether oxygens (including phenoxy) is 1. The third-order valence-electron chi connectivity index (χ3n) is 3.85. The van der Waals surface area contributed by atoms with Crippen molar-refractivity contribution in [3.63, 3.8) is 0 Å². The second-order valence-electron chi connectivity index (χ2n) is 5.32. The lowest BCUT2D eigenvalue weighted by Gasteiger charge is -2.15. The molecule has 0 atom stereocenters. The molecular formula is C13H22BrN3O. The summed E-state index contributed by atoms with van der Waals surface area (Å²) in [6.07, 6.45) is 3.83. The number of halogens is 1. The zero-order valence-corrected chi connectivity index (χ0v) is 13.0. The van der Waals surface area contributed by atoms with Crippen LogP contribution in [0, 0.1) is 12.3 Å². The number of hydrogen-bond donors (Lipinski definition) is 1. The minimum atomic E-state index is 0.496. The first kappa shape index (κ1) is 14.0. The third-order valence-corrected chi connectivity index (χ3v) is 4.88. The standard InChI is InChI=1S/C13H22BrN3O/c1-10-12(14)11(17(2)16-10)8-15-9-13(4-5-13)6-7-18-3/h15H,4-9H2,1-3H3. The average Bonchev–Trinajstić information content (AvgIpc) is 3.06. The van der Waals surface area contributed by atoms with Crippen molar-refractivity contribution in [2.24, 2.45) is 12.5 Å². The van der Waals surface area contributed by atoms with Gasteiger partial charge in [0.25, 0.3) is 0 Å². The molecule has 1 aliphatic carbocycles. The number of methoxy groups -OCH3 is 1. The quantitative estimate of drug-likeness (QED) is 0.839. The monoisotopic (exact) mass is 315 g/mol. The van der Waals surface area contributed by atoms with Crippen molar-refractivity contribution >= 4 is 15.9 Å². The van der Waals surface area contributed by atoms with Gasteiger partial charge in [-0.2, -0.15) is 5.10 Å². The number of hydrogen-bond acceptors (Lipinski definition) is 3. The van der Waals surface area contributed by atoms with Gasteiger partial charge in [-0.25, -0.2) is 0 Å². The lowest BCUT2D eigenvalue weighted by atomic mass is 10.0. The largest absolute Gasteiger partial charge is 0.385 e. The first-order valence-corrected chi connectivity index (χ1v) is 7.25. The molecule has 0 spiro atoms. The fraction of sp³-hybridized carbons (Fsp3) is 0.769. The first-order chi connectivity index (χ1) is 8.58. The van der Waals surface area contributed by atoms with Crippen LogP contribution in [0.5, 0.6) is 0 Å².